The molecule has 18 rings (SSSR count). The number of hydrogen-bond acceptors (Lipinski definition) is 1. The summed E-state index contributed by atoms with van der Waals surface area (Å²) in [4.78, 5) is 4.99. The van der Waals surface area contributed by atoms with Crippen LogP contribution in [-0.4, -0.2) is 9.13 Å². The fraction of sp³-hybridized carbons (Fsp3) is 0. The van der Waals surface area contributed by atoms with Crippen LogP contribution in [0, 0.1) is 0 Å². The maximum absolute atomic E-state index is 6.74. The van der Waals surface area contributed by atoms with Gasteiger partial charge in [0.2, 0.25) is 0 Å². The lowest BCUT2D eigenvalue weighted by molar-refractivity contribution is 0.670. The summed E-state index contributed by atoms with van der Waals surface area (Å²) >= 11 is 0. The minimum absolute atomic E-state index is 0.888. The molecule has 3 aromatic heterocycles. The zero-order chi connectivity index (χ0) is 62.1. The second-order valence-corrected chi connectivity index (χ2v) is 27.4. The predicted octanol–water partition coefficient (Wildman–Crippen LogP) is 25.1. The third-order valence-electron chi connectivity index (χ3n) is 19.0. The molecule has 0 bridgehead atoms. The van der Waals surface area contributed by atoms with Gasteiger partial charge in [0.15, 0.2) is 0 Å². The lowest BCUT2D eigenvalue weighted by Gasteiger charge is -2.43. The van der Waals surface area contributed by atoms with Crippen LogP contribution in [0.2, 0.25) is 0 Å². The number of rotatable bonds is 12. The Kier molecular flexibility index (Phi) is 13.3. The van der Waals surface area contributed by atoms with E-state index in [0.717, 1.165) is 105 Å². The molecule has 18 aromatic rings. The Labute approximate surface area is 547 Å². The van der Waals surface area contributed by atoms with Crippen molar-refractivity contribution in [2.24, 2.45) is 0 Å². The first-order valence-electron chi connectivity index (χ1n) is 32.2. The maximum atomic E-state index is 6.74. The summed E-state index contributed by atoms with van der Waals surface area (Å²) in [6.45, 7) is 0. The summed E-state index contributed by atoms with van der Waals surface area (Å²) in [5.41, 5.74) is 22.2. The SMILES string of the molecule is c1ccc(-c2cccc(S(c3ccccc3)(c3cccc(-c4ccccc4)c3)c3cc(-c4ccccc4)c(-n4c5ccccc5c5cc(-n6c7ccccc7c7cccc(-c8ccccc8-c8cccc9c8oc8ccccc89)c76)ccc54)c(-c4ccccc4)c3)c2)cc1. The average molecular weight is 1220 g/mol. The molecule has 0 radical (unpaired) electrons. The van der Waals surface area contributed by atoms with E-state index in [2.05, 4.69) is 367 Å². The highest BCUT2D eigenvalue weighted by Crippen LogP contribution is 2.75. The van der Waals surface area contributed by atoms with E-state index in [1.807, 2.05) is 6.07 Å². The number of fused-ring (bicyclic) bond motifs is 9. The first-order valence-corrected chi connectivity index (χ1v) is 33.8. The van der Waals surface area contributed by atoms with Crippen LogP contribution in [0.4, 0.5) is 0 Å². The van der Waals surface area contributed by atoms with Crippen molar-refractivity contribution in [2.45, 2.75) is 19.6 Å². The van der Waals surface area contributed by atoms with Crippen molar-refractivity contribution in [3.63, 3.8) is 0 Å². The Morgan fingerprint density at radius 1 is 0.223 bits per heavy atom. The van der Waals surface area contributed by atoms with E-state index in [1.165, 1.54) is 58.0 Å². The van der Waals surface area contributed by atoms with Crippen molar-refractivity contribution < 1.29 is 4.42 Å². The van der Waals surface area contributed by atoms with Gasteiger partial charge in [0.1, 0.15) is 11.2 Å². The Morgan fingerprint density at radius 3 is 1.24 bits per heavy atom. The van der Waals surface area contributed by atoms with Crippen LogP contribution in [0.1, 0.15) is 0 Å². The summed E-state index contributed by atoms with van der Waals surface area (Å²) in [5.74, 6) is 0. The molecule has 4 heteroatoms. The maximum Gasteiger partial charge on any atom is 0.143 e. The van der Waals surface area contributed by atoms with Gasteiger partial charge < -0.3 is 13.6 Å². The molecule has 0 atom stereocenters. The van der Waals surface area contributed by atoms with Crippen molar-refractivity contribution in [1.29, 1.82) is 0 Å². The van der Waals surface area contributed by atoms with E-state index in [-0.39, 0.29) is 0 Å². The van der Waals surface area contributed by atoms with Gasteiger partial charge in [0.25, 0.3) is 0 Å². The lowest BCUT2D eigenvalue weighted by atomic mass is 9.92. The molecule has 0 unspecified atom stereocenters. The van der Waals surface area contributed by atoms with Crippen LogP contribution < -0.4 is 0 Å². The average Bonchev–Trinajstić information content (AvgIpc) is 1.15. The largest absolute Gasteiger partial charge is 0.455 e. The number of aromatic nitrogens is 2. The first kappa shape index (κ1) is 54.9. The molecule has 0 aliphatic carbocycles. The molecule has 3 heterocycles. The molecule has 0 N–H and O–H groups in total. The molecule has 0 aliphatic heterocycles. The molecule has 0 spiro atoms. The summed E-state index contributed by atoms with van der Waals surface area (Å²) in [6, 6.07) is 135. The topological polar surface area (TPSA) is 23.0 Å². The standard InChI is InChI=1S/C90H60N2OS/c1-6-28-61(29-7-1)65-36-24-40-69(56-65)94(68-38-14-5-15-39-68,70-41-25-37-66(57-70)62-30-8-2-9-31-62)71-59-81(63-32-10-3-11-33-63)89(82(60-71)64-34-12-4-13-35-64)92-85-52-22-19-45-75(85)83-58-67(54-55-86(83)92)91-84-51-21-18-44-74(84)78-48-26-47-77(88(78)91)72-42-16-17-43-73(72)79-49-27-50-80-76-46-20-23-53-87(76)93-90(79)80/h1-60H. The smallest absolute Gasteiger partial charge is 0.143 e. The van der Waals surface area contributed by atoms with Gasteiger partial charge in [-0.3, -0.25) is 0 Å². The summed E-state index contributed by atoms with van der Waals surface area (Å²) in [7, 11) is -2.35. The normalized spacial score (nSPS) is 12.0. The Bertz CT molecular complexity index is 5760. The van der Waals surface area contributed by atoms with Gasteiger partial charge in [-0.1, -0.05) is 279 Å². The molecular formula is C90H60N2OS. The van der Waals surface area contributed by atoms with Gasteiger partial charge in [0.05, 0.1) is 27.8 Å². The van der Waals surface area contributed by atoms with Gasteiger partial charge in [-0.05, 0) is 129 Å². The van der Waals surface area contributed by atoms with E-state index in [0.29, 0.717) is 0 Å². The van der Waals surface area contributed by atoms with Gasteiger partial charge in [0, 0.05) is 79.8 Å². The second kappa shape index (κ2) is 22.8. The summed E-state index contributed by atoms with van der Waals surface area (Å²) in [6.07, 6.45) is 0. The molecule has 0 fully saturated rings. The molecule has 0 amide bonds. The van der Waals surface area contributed by atoms with Crippen LogP contribution in [0.15, 0.2) is 388 Å². The minimum Gasteiger partial charge on any atom is -0.455 e. The molecular weight excluding hydrogens is 1160 g/mol. The number of benzene rings is 15. The predicted molar refractivity (Wildman–Crippen MR) is 395 cm³/mol. The van der Waals surface area contributed by atoms with E-state index in [9.17, 15) is 0 Å². The molecule has 0 saturated carbocycles. The van der Waals surface area contributed by atoms with Crippen LogP contribution in [0.25, 0.3) is 144 Å². The molecule has 0 saturated heterocycles. The zero-order valence-corrected chi connectivity index (χ0v) is 52.2. The molecule has 94 heavy (non-hydrogen) atoms. The van der Waals surface area contributed by atoms with Crippen LogP contribution in [0.5, 0.6) is 0 Å². The number of nitrogens with zero attached hydrogens (tertiary/aromatic N) is 2. The highest BCUT2D eigenvalue weighted by Gasteiger charge is 2.36. The Morgan fingerprint density at radius 2 is 0.638 bits per heavy atom. The quantitative estimate of drug-likeness (QED) is 0.120. The van der Waals surface area contributed by atoms with Crippen molar-refractivity contribution in [2.75, 3.05) is 0 Å². The van der Waals surface area contributed by atoms with Gasteiger partial charge in [-0.2, -0.15) is 0 Å². The van der Waals surface area contributed by atoms with Crippen molar-refractivity contribution in [3.05, 3.63) is 364 Å². The van der Waals surface area contributed by atoms with Gasteiger partial charge in [-0.25, -0.2) is 0 Å². The molecule has 3 nitrogen and oxygen atoms in total. The van der Waals surface area contributed by atoms with Crippen LogP contribution in [0.3, 0.4) is 0 Å². The van der Waals surface area contributed by atoms with Gasteiger partial charge in [-0.15, -0.1) is 10.0 Å². The zero-order valence-electron chi connectivity index (χ0n) is 51.4. The van der Waals surface area contributed by atoms with E-state index >= 15 is 0 Å². The van der Waals surface area contributed by atoms with Crippen molar-refractivity contribution in [3.8, 4) is 78.1 Å². The number of furan rings is 1. The minimum atomic E-state index is -2.35. The third kappa shape index (κ3) is 8.90. The van der Waals surface area contributed by atoms with Crippen molar-refractivity contribution in [1.82, 2.24) is 9.13 Å². The molecule has 15 aromatic carbocycles. The number of para-hydroxylation sites is 5. The van der Waals surface area contributed by atoms with Crippen molar-refractivity contribution >= 4 is 75.6 Å². The lowest BCUT2D eigenvalue weighted by Crippen LogP contribution is -2.08. The monoisotopic (exact) mass is 1220 g/mol. The van der Waals surface area contributed by atoms with Gasteiger partial charge >= 0.3 is 0 Å². The molecule has 442 valence electrons. The van der Waals surface area contributed by atoms with Crippen LogP contribution in [-0.2, 0) is 0 Å². The summed E-state index contributed by atoms with van der Waals surface area (Å²) < 4.78 is 11.8. The number of hydrogen-bond donors (Lipinski definition) is 0. The fourth-order valence-corrected chi connectivity index (χ4v) is 18.9. The fourth-order valence-electron chi connectivity index (χ4n) is 14.9. The van der Waals surface area contributed by atoms with E-state index in [4.69, 9.17) is 4.42 Å². The van der Waals surface area contributed by atoms with E-state index in [1.54, 1.807) is 0 Å². The summed E-state index contributed by atoms with van der Waals surface area (Å²) in [5, 5.41) is 6.96. The first-order chi connectivity index (χ1) is 46.7. The Hall–Kier alpha value is -12.0. The molecule has 0 aliphatic rings. The van der Waals surface area contributed by atoms with E-state index < -0.39 is 10.0 Å². The highest BCUT2D eigenvalue weighted by molar-refractivity contribution is 8.34. The second-order valence-electron chi connectivity index (χ2n) is 24.2. The Balaban J connectivity index is 0.910. The van der Waals surface area contributed by atoms with Crippen LogP contribution >= 0.6 is 10.0 Å². The highest BCUT2D eigenvalue weighted by atomic mass is 32.3. The third-order valence-corrected chi connectivity index (χ3v) is 22.9.